The van der Waals surface area contributed by atoms with Gasteiger partial charge in [0, 0.05) is 36.7 Å². The summed E-state index contributed by atoms with van der Waals surface area (Å²) in [6.07, 6.45) is -0.744. The number of nitrogens with one attached hydrogen (secondary N) is 1. The predicted octanol–water partition coefficient (Wildman–Crippen LogP) is 4.48. The van der Waals surface area contributed by atoms with Crippen LogP contribution in [0, 0.1) is 0 Å². The van der Waals surface area contributed by atoms with Gasteiger partial charge in [0.1, 0.15) is 6.54 Å². The summed E-state index contributed by atoms with van der Waals surface area (Å²) in [5.41, 5.74) is 0.172. The molecule has 3 amide bonds. The van der Waals surface area contributed by atoms with Crippen LogP contribution in [0.2, 0.25) is 0 Å². The van der Waals surface area contributed by atoms with Gasteiger partial charge in [0.2, 0.25) is 5.91 Å². The molecule has 3 rings (SSSR count). The molecule has 0 aliphatic heterocycles. The Morgan fingerprint density at radius 2 is 1.90 bits per heavy atom. The van der Waals surface area contributed by atoms with E-state index in [0.717, 1.165) is 30.7 Å². The van der Waals surface area contributed by atoms with Crippen molar-refractivity contribution in [2.75, 3.05) is 11.9 Å². The molecule has 0 atom stereocenters. The monoisotopic (exact) mass is 436 g/mol. The van der Waals surface area contributed by atoms with Crippen LogP contribution in [0.25, 0.3) is 0 Å². The van der Waals surface area contributed by atoms with Crippen LogP contribution in [-0.4, -0.2) is 44.9 Å². The van der Waals surface area contributed by atoms with Crippen LogP contribution in [0.5, 0.6) is 0 Å². The van der Waals surface area contributed by atoms with Crippen molar-refractivity contribution in [2.45, 2.75) is 51.5 Å². The van der Waals surface area contributed by atoms with Gasteiger partial charge >= 0.3 is 12.2 Å². The Morgan fingerprint density at radius 1 is 1.19 bits per heavy atom. The number of alkyl halides is 3. The second-order valence-electron chi connectivity index (χ2n) is 8.09. The van der Waals surface area contributed by atoms with Gasteiger partial charge in [-0.25, -0.2) is 4.79 Å². The molecule has 31 heavy (non-hydrogen) atoms. The number of anilines is 1. The maximum Gasteiger partial charge on any atom is 0.416 e. The van der Waals surface area contributed by atoms with Crippen molar-refractivity contribution in [3.8, 4) is 0 Å². The first-order valence-corrected chi connectivity index (χ1v) is 10.2. The second-order valence-corrected chi connectivity index (χ2v) is 8.09. The molecule has 1 aromatic heterocycles. The Morgan fingerprint density at radius 3 is 2.45 bits per heavy atom. The molecule has 168 valence electrons. The molecular formula is C22H27F3N4O2. The van der Waals surface area contributed by atoms with Gasteiger partial charge in [0.05, 0.1) is 12.1 Å². The fraction of sp³-hybridized carbons (Fsp3) is 0.455. The van der Waals surface area contributed by atoms with E-state index in [-0.39, 0.29) is 30.2 Å². The van der Waals surface area contributed by atoms with Gasteiger partial charge in [-0.1, -0.05) is 6.07 Å². The predicted molar refractivity (Wildman–Crippen MR) is 111 cm³/mol. The largest absolute Gasteiger partial charge is 0.416 e. The Balaban J connectivity index is 1.70. The zero-order chi connectivity index (χ0) is 22.8. The van der Waals surface area contributed by atoms with Gasteiger partial charge < -0.3 is 19.7 Å². The third kappa shape index (κ3) is 5.80. The van der Waals surface area contributed by atoms with Crippen molar-refractivity contribution in [3.05, 3.63) is 53.9 Å². The first-order valence-electron chi connectivity index (χ1n) is 10.2. The number of aryl methyl sites for hydroxylation is 1. The lowest BCUT2D eigenvalue weighted by atomic mass is 10.2. The second kappa shape index (κ2) is 9.03. The highest BCUT2D eigenvalue weighted by Crippen LogP contribution is 2.31. The van der Waals surface area contributed by atoms with E-state index in [1.165, 1.54) is 17.0 Å². The molecule has 0 radical (unpaired) electrons. The summed E-state index contributed by atoms with van der Waals surface area (Å²) in [5, 5.41) is 2.49. The molecule has 1 fully saturated rings. The average Bonchev–Trinajstić information content (AvgIpc) is 3.45. The number of hydrogen-bond acceptors (Lipinski definition) is 2. The number of hydrogen-bond donors (Lipinski definition) is 1. The van der Waals surface area contributed by atoms with Crippen molar-refractivity contribution in [1.29, 1.82) is 0 Å². The maximum atomic E-state index is 13.1. The van der Waals surface area contributed by atoms with E-state index in [1.807, 2.05) is 29.9 Å². The number of urea groups is 1. The van der Waals surface area contributed by atoms with Crippen LogP contribution < -0.4 is 5.32 Å². The van der Waals surface area contributed by atoms with Gasteiger partial charge in [-0.3, -0.25) is 4.79 Å². The van der Waals surface area contributed by atoms with Crippen molar-refractivity contribution >= 4 is 17.6 Å². The quantitative estimate of drug-likeness (QED) is 0.696. The van der Waals surface area contributed by atoms with Gasteiger partial charge in [0.15, 0.2) is 0 Å². The van der Waals surface area contributed by atoms with E-state index in [0.29, 0.717) is 6.54 Å². The third-order valence-corrected chi connectivity index (χ3v) is 5.32. The highest BCUT2D eigenvalue weighted by Gasteiger charge is 2.35. The summed E-state index contributed by atoms with van der Waals surface area (Å²) in [6, 6.07) is 7.53. The average molecular weight is 436 g/mol. The zero-order valence-corrected chi connectivity index (χ0v) is 17.8. The molecule has 1 aromatic carbocycles. The van der Waals surface area contributed by atoms with Crippen LogP contribution in [0.4, 0.5) is 23.7 Å². The minimum atomic E-state index is -4.50. The molecule has 0 saturated heterocycles. The number of carbonyl (C=O) groups excluding carboxylic acids is 2. The summed E-state index contributed by atoms with van der Waals surface area (Å²) >= 11 is 0. The first-order chi connectivity index (χ1) is 14.6. The lowest BCUT2D eigenvalue weighted by Gasteiger charge is -2.30. The van der Waals surface area contributed by atoms with E-state index in [9.17, 15) is 22.8 Å². The topological polar surface area (TPSA) is 57.6 Å². The third-order valence-electron chi connectivity index (χ3n) is 5.32. The van der Waals surface area contributed by atoms with Gasteiger partial charge in [0.25, 0.3) is 0 Å². The lowest BCUT2D eigenvalue weighted by Crippen LogP contribution is -2.48. The van der Waals surface area contributed by atoms with Gasteiger partial charge in [-0.2, -0.15) is 13.2 Å². The van der Waals surface area contributed by atoms with E-state index in [2.05, 4.69) is 5.32 Å². The van der Waals surface area contributed by atoms with Crippen molar-refractivity contribution < 1.29 is 22.8 Å². The summed E-state index contributed by atoms with van der Waals surface area (Å²) < 4.78 is 40.8. The first kappa shape index (κ1) is 22.7. The molecule has 0 unspecified atom stereocenters. The molecule has 9 heteroatoms. The number of halogens is 3. The fourth-order valence-electron chi connectivity index (χ4n) is 3.34. The molecule has 6 nitrogen and oxygen atoms in total. The molecule has 1 heterocycles. The van der Waals surface area contributed by atoms with Crippen molar-refractivity contribution in [2.24, 2.45) is 7.05 Å². The van der Waals surface area contributed by atoms with Crippen LogP contribution in [0.3, 0.4) is 0 Å². The summed E-state index contributed by atoms with van der Waals surface area (Å²) in [7, 11) is 1.91. The van der Waals surface area contributed by atoms with E-state index in [4.69, 9.17) is 0 Å². The fourth-order valence-corrected chi connectivity index (χ4v) is 3.34. The van der Waals surface area contributed by atoms with Gasteiger partial charge in [-0.15, -0.1) is 0 Å². The van der Waals surface area contributed by atoms with E-state index in [1.54, 1.807) is 18.7 Å². The number of nitrogens with zero attached hydrogens (tertiary/aromatic N) is 3. The van der Waals surface area contributed by atoms with E-state index < -0.39 is 17.8 Å². The minimum Gasteiger partial charge on any atom is -0.353 e. The molecule has 0 bridgehead atoms. The molecule has 2 aromatic rings. The summed E-state index contributed by atoms with van der Waals surface area (Å²) in [5.74, 6) is -0.184. The molecule has 1 aliphatic rings. The number of benzene rings is 1. The van der Waals surface area contributed by atoms with Gasteiger partial charge in [-0.05, 0) is 57.0 Å². The Kier molecular flexibility index (Phi) is 6.62. The molecular weight excluding hydrogens is 409 g/mol. The minimum absolute atomic E-state index is 0.0285. The van der Waals surface area contributed by atoms with Crippen molar-refractivity contribution in [3.63, 3.8) is 0 Å². The van der Waals surface area contributed by atoms with E-state index >= 15 is 0 Å². The number of carbonyl (C=O) groups is 2. The Labute approximate surface area is 179 Å². The van der Waals surface area contributed by atoms with Crippen LogP contribution in [0.15, 0.2) is 42.6 Å². The van der Waals surface area contributed by atoms with Crippen LogP contribution in [-0.2, 0) is 24.6 Å². The standard InChI is InChI=1S/C22H27F3N4O2/c1-15(2)28(21(31)26-17-7-4-6-16(12-17)22(23,24)25)14-20(30)29(18-9-10-18)13-19-8-5-11-27(19)3/h4-8,11-12,15,18H,9-10,13-14H2,1-3H3,(H,26,31). The maximum absolute atomic E-state index is 13.1. The zero-order valence-electron chi connectivity index (χ0n) is 17.8. The highest BCUT2D eigenvalue weighted by atomic mass is 19.4. The number of rotatable bonds is 7. The Hall–Kier alpha value is -2.97. The Bertz CT molecular complexity index is 935. The van der Waals surface area contributed by atoms with Crippen molar-refractivity contribution in [1.82, 2.24) is 14.4 Å². The summed E-state index contributed by atoms with van der Waals surface area (Å²) in [4.78, 5) is 29.0. The molecule has 1 aliphatic carbocycles. The molecule has 0 spiro atoms. The number of amides is 3. The van der Waals surface area contributed by atoms with Crippen LogP contribution in [0.1, 0.15) is 37.9 Å². The number of aromatic nitrogens is 1. The molecule has 1 N–H and O–H groups in total. The lowest BCUT2D eigenvalue weighted by molar-refractivity contribution is -0.137. The molecule has 1 saturated carbocycles. The summed E-state index contributed by atoms with van der Waals surface area (Å²) in [6.45, 7) is 3.83. The SMILES string of the molecule is CC(C)N(CC(=O)N(Cc1cccn1C)C1CC1)C(=O)Nc1cccc(C(F)(F)F)c1. The normalized spacial score (nSPS) is 13.9. The highest BCUT2D eigenvalue weighted by molar-refractivity contribution is 5.92. The smallest absolute Gasteiger partial charge is 0.353 e. The van der Waals surface area contributed by atoms with Crippen LogP contribution >= 0.6 is 0 Å².